The van der Waals surface area contributed by atoms with Gasteiger partial charge in [0, 0.05) is 22.5 Å². The molecule has 0 bridgehead atoms. The Kier molecular flexibility index (Phi) is 8.35. The van der Waals surface area contributed by atoms with Crippen LogP contribution in [0.1, 0.15) is 10.4 Å². The lowest BCUT2D eigenvalue weighted by Gasteiger charge is -2.17. The number of halogens is 3. The molecule has 0 saturated heterocycles. The summed E-state index contributed by atoms with van der Waals surface area (Å²) in [5.74, 6) is -2.20. The number of carbonyl (C=O) groups is 2. The Hall–Kier alpha value is -3.67. The quantitative estimate of drug-likeness (QED) is 0.440. The van der Waals surface area contributed by atoms with Crippen LogP contribution in [0.25, 0.3) is 10.9 Å². The van der Waals surface area contributed by atoms with E-state index in [0.717, 1.165) is 16.0 Å². The van der Waals surface area contributed by atoms with Crippen molar-refractivity contribution in [2.75, 3.05) is 25.8 Å². The fourth-order valence-corrected chi connectivity index (χ4v) is 3.28. The largest absolute Gasteiger partial charge is 0.493 e. The molecule has 0 aliphatic carbocycles. The standard InChI is InChI=1S/C19H19N3O3S.C2HF3O2/c1-24-15-8-11-14(9-16(15)25-2)21-10-12(19(20)23)18(11)22-13-6-4-5-7-17(13)26-3;3-2(4,5)1(6)7/h4-10H,1-3H3,(H2,20,23)(H,21,22);(H,6,7). The SMILES string of the molecule is COc1cc2ncc(C(N)=O)c(Nc3ccccc3SC)c2cc1OC.O=C(O)C(F)(F)F. The first-order valence-electron chi connectivity index (χ1n) is 9.08. The Morgan fingerprint density at radius 1 is 1.12 bits per heavy atom. The van der Waals surface area contributed by atoms with E-state index >= 15 is 0 Å². The molecule has 0 fully saturated rings. The van der Waals surface area contributed by atoms with Crippen molar-refractivity contribution in [3.63, 3.8) is 0 Å². The molecule has 0 unspecified atom stereocenters. The Morgan fingerprint density at radius 2 is 1.70 bits per heavy atom. The van der Waals surface area contributed by atoms with Crippen molar-refractivity contribution in [3.05, 3.63) is 48.2 Å². The summed E-state index contributed by atoms with van der Waals surface area (Å²) in [5, 5.41) is 11.2. The molecule has 1 amide bonds. The number of rotatable bonds is 6. The summed E-state index contributed by atoms with van der Waals surface area (Å²) in [7, 11) is 3.13. The number of nitrogens with two attached hydrogens (primary N) is 1. The average molecular weight is 483 g/mol. The van der Waals surface area contributed by atoms with Gasteiger partial charge in [-0.3, -0.25) is 9.78 Å². The maximum Gasteiger partial charge on any atom is 0.490 e. The number of nitrogens with one attached hydrogen (secondary N) is 1. The third-order valence-corrected chi connectivity index (χ3v) is 5.04. The van der Waals surface area contributed by atoms with Gasteiger partial charge in [-0.15, -0.1) is 11.8 Å². The summed E-state index contributed by atoms with van der Waals surface area (Å²) in [6, 6.07) is 11.4. The number of thioether (sulfide) groups is 1. The predicted octanol–water partition coefficient (Wildman–Crippen LogP) is 4.45. The molecule has 4 N–H and O–H groups in total. The number of carboxylic acids is 1. The third-order valence-electron chi connectivity index (χ3n) is 4.25. The lowest BCUT2D eigenvalue weighted by Crippen LogP contribution is -2.21. The Balaban J connectivity index is 0.000000479. The van der Waals surface area contributed by atoms with Crippen LogP contribution in [0.2, 0.25) is 0 Å². The van der Waals surface area contributed by atoms with Crippen molar-refractivity contribution in [1.82, 2.24) is 4.98 Å². The number of alkyl halides is 3. The molecule has 0 atom stereocenters. The summed E-state index contributed by atoms with van der Waals surface area (Å²) >= 11 is 1.61. The van der Waals surface area contributed by atoms with Gasteiger partial charge in [-0.2, -0.15) is 13.2 Å². The number of amides is 1. The number of benzene rings is 2. The Bertz CT molecular complexity index is 1170. The number of carboxylic acid groups (broad SMARTS) is 1. The summed E-state index contributed by atoms with van der Waals surface area (Å²) in [6.07, 6.45) is -1.62. The van der Waals surface area contributed by atoms with E-state index in [1.54, 1.807) is 38.1 Å². The Labute approximate surface area is 190 Å². The number of aliphatic carboxylic acids is 1. The minimum absolute atomic E-state index is 0.306. The second-order valence-electron chi connectivity index (χ2n) is 6.26. The van der Waals surface area contributed by atoms with Gasteiger partial charge in [-0.1, -0.05) is 12.1 Å². The maximum atomic E-state index is 12.0. The smallest absolute Gasteiger partial charge is 0.490 e. The molecule has 12 heteroatoms. The fraction of sp³-hybridized carbons (Fsp3) is 0.190. The van der Waals surface area contributed by atoms with Crippen LogP contribution < -0.4 is 20.5 Å². The number of methoxy groups -OCH3 is 2. The van der Waals surface area contributed by atoms with Gasteiger partial charge in [0.05, 0.1) is 36.7 Å². The molecule has 0 radical (unpaired) electrons. The van der Waals surface area contributed by atoms with Crippen molar-refractivity contribution >= 4 is 45.9 Å². The fourth-order valence-electron chi connectivity index (χ4n) is 2.72. The molecule has 0 saturated carbocycles. The van der Waals surface area contributed by atoms with Crippen molar-refractivity contribution in [1.29, 1.82) is 0 Å². The lowest BCUT2D eigenvalue weighted by atomic mass is 10.1. The third kappa shape index (κ3) is 6.19. The number of pyridine rings is 1. The molecule has 0 spiro atoms. The highest BCUT2D eigenvalue weighted by Crippen LogP contribution is 2.38. The number of anilines is 2. The van der Waals surface area contributed by atoms with Crippen LogP contribution in [-0.4, -0.2) is 48.6 Å². The zero-order chi connectivity index (χ0) is 24.8. The number of fused-ring (bicyclic) bond motifs is 1. The molecule has 0 aliphatic heterocycles. The van der Waals surface area contributed by atoms with Gasteiger partial charge >= 0.3 is 12.1 Å². The van der Waals surface area contributed by atoms with E-state index in [4.69, 9.17) is 25.1 Å². The van der Waals surface area contributed by atoms with Crippen LogP contribution in [-0.2, 0) is 4.79 Å². The van der Waals surface area contributed by atoms with Gasteiger partial charge in [-0.25, -0.2) is 4.79 Å². The number of aromatic nitrogens is 1. The molecule has 1 heterocycles. The van der Waals surface area contributed by atoms with Gasteiger partial charge < -0.3 is 25.6 Å². The maximum absolute atomic E-state index is 12.0. The highest BCUT2D eigenvalue weighted by molar-refractivity contribution is 7.98. The number of primary amides is 1. The zero-order valence-corrected chi connectivity index (χ0v) is 18.5. The molecule has 8 nitrogen and oxygen atoms in total. The molecule has 33 heavy (non-hydrogen) atoms. The molecular formula is C21H20F3N3O5S. The van der Waals surface area contributed by atoms with Crippen molar-refractivity contribution in [2.24, 2.45) is 5.73 Å². The van der Waals surface area contributed by atoms with Gasteiger partial charge in [0.15, 0.2) is 11.5 Å². The van der Waals surface area contributed by atoms with Gasteiger partial charge in [0.2, 0.25) is 0 Å². The molecular weight excluding hydrogens is 463 g/mol. The first-order valence-corrected chi connectivity index (χ1v) is 10.3. The van der Waals surface area contributed by atoms with E-state index in [0.29, 0.717) is 28.3 Å². The number of carbonyl (C=O) groups excluding carboxylic acids is 1. The highest BCUT2D eigenvalue weighted by atomic mass is 32.2. The van der Waals surface area contributed by atoms with Crippen LogP contribution in [0.5, 0.6) is 11.5 Å². The van der Waals surface area contributed by atoms with Gasteiger partial charge in [0.1, 0.15) is 0 Å². The number of ether oxygens (including phenoxy) is 2. The van der Waals surface area contributed by atoms with E-state index in [-0.39, 0.29) is 0 Å². The van der Waals surface area contributed by atoms with E-state index in [2.05, 4.69) is 10.3 Å². The number of para-hydroxylation sites is 1. The van der Waals surface area contributed by atoms with Crippen LogP contribution in [0.4, 0.5) is 24.5 Å². The first kappa shape index (κ1) is 25.6. The summed E-state index contributed by atoms with van der Waals surface area (Å²) < 4.78 is 42.5. The van der Waals surface area contributed by atoms with Crippen LogP contribution in [0.3, 0.4) is 0 Å². The second kappa shape index (κ2) is 10.8. The van der Waals surface area contributed by atoms with E-state index in [1.165, 1.54) is 6.20 Å². The van der Waals surface area contributed by atoms with E-state index in [1.807, 2.05) is 30.5 Å². The normalized spacial score (nSPS) is 10.7. The summed E-state index contributed by atoms with van der Waals surface area (Å²) in [6.45, 7) is 0. The highest BCUT2D eigenvalue weighted by Gasteiger charge is 2.38. The van der Waals surface area contributed by atoms with Gasteiger partial charge in [-0.05, 0) is 24.5 Å². The summed E-state index contributed by atoms with van der Waals surface area (Å²) in [4.78, 5) is 26.3. The average Bonchev–Trinajstić information content (AvgIpc) is 2.78. The summed E-state index contributed by atoms with van der Waals surface area (Å²) in [5.41, 5.74) is 8.01. The number of hydrogen-bond acceptors (Lipinski definition) is 7. The van der Waals surface area contributed by atoms with Crippen LogP contribution >= 0.6 is 11.8 Å². The van der Waals surface area contributed by atoms with Crippen molar-refractivity contribution < 1.29 is 37.3 Å². The van der Waals surface area contributed by atoms with Crippen LogP contribution in [0.15, 0.2) is 47.5 Å². The molecule has 3 aromatic rings. The van der Waals surface area contributed by atoms with Crippen molar-refractivity contribution in [3.8, 4) is 11.5 Å². The second-order valence-corrected chi connectivity index (χ2v) is 7.11. The zero-order valence-electron chi connectivity index (χ0n) is 17.7. The van der Waals surface area contributed by atoms with Crippen LogP contribution in [0, 0.1) is 0 Å². The molecule has 176 valence electrons. The minimum Gasteiger partial charge on any atom is -0.493 e. The lowest BCUT2D eigenvalue weighted by molar-refractivity contribution is -0.192. The van der Waals surface area contributed by atoms with Gasteiger partial charge in [0.25, 0.3) is 5.91 Å². The Morgan fingerprint density at radius 3 is 2.21 bits per heavy atom. The first-order chi connectivity index (χ1) is 15.5. The molecule has 2 aromatic carbocycles. The molecule has 1 aromatic heterocycles. The topological polar surface area (TPSA) is 124 Å². The van der Waals surface area contributed by atoms with E-state index in [9.17, 15) is 18.0 Å². The minimum atomic E-state index is -5.08. The van der Waals surface area contributed by atoms with E-state index < -0.39 is 18.1 Å². The monoisotopic (exact) mass is 483 g/mol. The molecule has 0 aliphatic rings. The molecule has 3 rings (SSSR count). The number of hydrogen-bond donors (Lipinski definition) is 3. The number of nitrogens with zero attached hydrogens (tertiary/aromatic N) is 1. The van der Waals surface area contributed by atoms with Crippen molar-refractivity contribution in [2.45, 2.75) is 11.1 Å². The predicted molar refractivity (Wildman–Crippen MR) is 119 cm³/mol.